The van der Waals surface area contributed by atoms with Crippen LogP contribution in [0.3, 0.4) is 0 Å². The minimum Gasteiger partial charge on any atom is -0.383 e. The minimum absolute atomic E-state index is 0.648. The van der Waals surface area contributed by atoms with Gasteiger partial charge in [-0.25, -0.2) is 0 Å². The number of unbranched alkanes of at least 4 members (excludes halogenated alkanes) is 1. The molecule has 0 saturated carbocycles. The van der Waals surface area contributed by atoms with E-state index in [1.165, 1.54) is 0 Å². The second-order valence-electron chi connectivity index (χ2n) is 3.70. The molecule has 0 unspecified atom stereocenters. The molecule has 0 fully saturated rings. The Labute approximate surface area is 111 Å². The average Bonchev–Trinajstić information content (AvgIpc) is 2.34. The number of hydrogen-bond donors (Lipinski definition) is 1. The highest BCUT2D eigenvalue weighted by molar-refractivity contribution is 9.10. The predicted octanol–water partition coefficient (Wildman–Crippen LogP) is 3.55. The van der Waals surface area contributed by atoms with E-state index in [2.05, 4.69) is 34.2 Å². The highest BCUT2D eigenvalue weighted by Gasteiger charge is 1.99. The van der Waals surface area contributed by atoms with E-state index in [4.69, 9.17) is 10.00 Å². The second kappa shape index (κ2) is 8.10. The van der Waals surface area contributed by atoms with E-state index in [-0.39, 0.29) is 0 Å². The van der Waals surface area contributed by atoms with Crippen LogP contribution < -0.4 is 5.32 Å². The van der Waals surface area contributed by atoms with E-state index in [9.17, 15) is 0 Å². The highest BCUT2D eigenvalue weighted by atomic mass is 79.9. The number of nitriles is 1. The first kappa shape index (κ1) is 14.0. The SMILES string of the molecule is CCCCOCCNc1ccc(C#N)c(Br)c1. The molecule has 17 heavy (non-hydrogen) atoms. The van der Waals surface area contributed by atoms with Gasteiger partial charge in [-0.05, 0) is 40.5 Å². The highest BCUT2D eigenvalue weighted by Crippen LogP contribution is 2.20. The van der Waals surface area contributed by atoms with E-state index in [0.717, 1.165) is 36.2 Å². The zero-order valence-corrected chi connectivity index (χ0v) is 11.6. The maximum absolute atomic E-state index is 8.79. The van der Waals surface area contributed by atoms with Crippen molar-refractivity contribution < 1.29 is 4.74 Å². The first-order chi connectivity index (χ1) is 8.27. The summed E-state index contributed by atoms with van der Waals surface area (Å²) in [6.45, 7) is 4.46. The Balaban J connectivity index is 2.28. The lowest BCUT2D eigenvalue weighted by molar-refractivity contribution is 0.141. The van der Waals surface area contributed by atoms with Crippen molar-refractivity contribution >= 4 is 21.6 Å². The van der Waals surface area contributed by atoms with Gasteiger partial charge in [-0.15, -0.1) is 0 Å². The summed E-state index contributed by atoms with van der Waals surface area (Å²) < 4.78 is 6.26. The fraction of sp³-hybridized carbons (Fsp3) is 0.462. The average molecular weight is 297 g/mol. The number of anilines is 1. The van der Waals surface area contributed by atoms with Crippen LogP contribution in [0.5, 0.6) is 0 Å². The van der Waals surface area contributed by atoms with E-state index in [1.807, 2.05) is 12.1 Å². The Bertz CT molecular complexity index is 387. The molecule has 0 aliphatic carbocycles. The third-order valence-electron chi connectivity index (χ3n) is 2.31. The molecule has 0 aliphatic rings. The summed E-state index contributed by atoms with van der Waals surface area (Å²) >= 11 is 3.36. The summed E-state index contributed by atoms with van der Waals surface area (Å²) in [6.07, 6.45) is 2.28. The Morgan fingerprint density at radius 3 is 2.88 bits per heavy atom. The summed E-state index contributed by atoms with van der Waals surface area (Å²) in [7, 11) is 0. The van der Waals surface area contributed by atoms with Gasteiger partial charge in [0.15, 0.2) is 0 Å². The van der Waals surface area contributed by atoms with Crippen LogP contribution in [0.15, 0.2) is 22.7 Å². The molecule has 1 aromatic rings. The van der Waals surface area contributed by atoms with Gasteiger partial charge >= 0.3 is 0 Å². The van der Waals surface area contributed by atoms with Gasteiger partial charge in [0, 0.05) is 23.3 Å². The van der Waals surface area contributed by atoms with E-state index in [1.54, 1.807) is 6.07 Å². The molecule has 0 spiro atoms. The van der Waals surface area contributed by atoms with Crippen molar-refractivity contribution in [1.82, 2.24) is 0 Å². The van der Waals surface area contributed by atoms with Crippen molar-refractivity contribution in [2.24, 2.45) is 0 Å². The van der Waals surface area contributed by atoms with Crippen LogP contribution in [-0.4, -0.2) is 19.8 Å². The minimum atomic E-state index is 0.648. The number of rotatable bonds is 7. The van der Waals surface area contributed by atoms with E-state index in [0.29, 0.717) is 12.2 Å². The second-order valence-corrected chi connectivity index (χ2v) is 4.55. The molecular weight excluding hydrogens is 280 g/mol. The van der Waals surface area contributed by atoms with Gasteiger partial charge < -0.3 is 10.1 Å². The molecule has 1 rings (SSSR count). The normalized spacial score (nSPS) is 9.94. The number of nitrogens with zero attached hydrogens (tertiary/aromatic N) is 1. The van der Waals surface area contributed by atoms with Crippen LogP contribution in [0.4, 0.5) is 5.69 Å². The molecule has 1 N–H and O–H groups in total. The van der Waals surface area contributed by atoms with Gasteiger partial charge in [0.25, 0.3) is 0 Å². The predicted molar refractivity (Wildman–Crippen MR) is 73.1 cm³/mol. The molecule has 0 bridgehead atoms. The monoisotopic (exact) mass is 296 g/mol. The molecule has 0 aliphatic heterocycles. The van der Waals surface area contributed by atoms with Crippen LogP contribution in [0, 0.1) is 11.3 Å². The summed E-state index contributed by atoms with van der Waals surface area (Å²) in [5.74, 6) is 0. The Morgan fingerprint density at radius 1 is 1.41 bits per heavy atom. The molecular formula is C13H17BrN2O. The smallest absolute Gasteiger partial charge is 0.100 e. The number of nitrogens with one attached hydrogen (secondary N) is 1. The molecule has 0 radical (unpaired) electrons. The molecule has 0 amide bonds. The van der Waals surface area contributed by atoms with Crippen molar-refractivity contribution in [3.05, 3.63) is 28.2 Å². The molecule has 92 valence electrons. The zero-order chi connectivity index (χ0) is 12.5. The molecule has 0 aromatic heterocycles. The molecule has 3 nitrogen and oxygen atoms in total. The number of benzene rings is 1. The topological polar surface area (TPSA) is 45.0 Å². The van der Waals surface area contributed by atoms with Crippen LogP contribution in [-0.2, 0) is 4.74 Å². The van der Waals surface area contributed by atoms with Crippen molar-refractivity contribution in [2.45, 2.75) is 19.8 Å². The molecule has 0 atom stereocenters. The molecule has 0 heterocycles. The summed E-state index contributed by atoms with van der Waals surface area (Å²) in [6, 6.07) is 7.72. The quantitative estimate of drug-likeness (QED) is 0.783. The van der Waals surface area contributed by atoms with Gasteiger partial charge in [-0.3, -0.25) is 0 Å². The van der Waals surface area contributed by atoms with Crippen molar-refractivity contribution in [2.75, 3.05) is 25.1 Å². The molecule has 0 saturated heterocycles. The maximum atomic E-state index is 8.79. The van der Waals surface area contributed by atoms with Gasteiger partial charge in [0.2, 0.25) is 0 Å². The number of halogens is 1. The summed E-state index contributed by atoms with van der Waals surface area (Å²) in [5.41, 5.74) is 1.64. The van der Waals surface area contributed by atoms with Gasteiger partial charge in [-0.2, -0.15) is 5.26 Å². The molecule has 4 heteroatoms. The van der Waals surface area contributed by atoms with Crippen LogP contribution in [0.1, 0.15) is 25.3 Å². The number of ether oxygens (including phenoxy) is 1. The lowest BCUT2D eigenvalue weighted by Crippen LogP contribution is -2.09. The number of hydrogen-bond acceptors (Lipinski definition) is 3. The lowest BCUT2D eigenvalue weighted by Gasteiger charge is -2.08. The van der Waals surface area contributed by atoms with Gasteiger partial charge in [-0.1, -0.05) is 13.3 Å². The standard InChI is InChI=1S/C13H17BrN2O/c1-2-3-7-17-8-6-16-12-5-4-11(10-15)13(14)9-12/h4-5,9,16H,2-3,6-8H2,1H3. The van der Waals surface area contributed by atoms with Gasteiger partial charge in [0.1, 0.15) is 6.07 Å². The largest absolute Gasteiger partial charge is 0.383 e. The Kier molecular flexibility index (Phi) is 6.68. The lowest BCUT2D eigenvalue weighted by atomic mass is 10.2. The van der Waals surface area contributed by atoms with Crippen molar-refractivity contribution in [3.8, 4) is 6.07 Å². The van der Waals surface area contributed by atoms with Crippen LogP contribution in [0.2, 0.25) is 0 Å². The Hall–Kier alpha value is -1.05. The van der Waals surface area contributed by atoms with Gasteiger partial charge in [0.05, 0.1) is 12.2 Å². The maximum Gasteiger partial charge on any atom is 0.100 e. The summed E-state index contributed by atoms with van der Waals surface area (Å²) in [5, 5.41) is 12.0. The first-order valence-corrected chi connectivity index (χ1v) is 6.58. The Morgan fingerprint density at radius 2 is 2.24 bits per heavy atom. The fourth-order valence-electron chi connectivity index (χ4n) is 1.33. The fourth-order valence-corrected chi connectivity index (χ4v) is 1.80. The first-order valence-electron chi connectivity index (χ1n) is 5.79. The zero-order valence-electron chi connectivity index (χ0n) is 10.0. The van der Waals surface area contributed by atoms with Crippen molar-refractivity contribution in [1.29, 1.82) is 5.26 Å². The summed E-state index contributed by atoms with van der Waals surface area (Å²) in [4.78, 5) is 0. The van der Waals surface area contributed by atoms with Crippen molar-refractivity contribution in [3.63, 3.8) is 0 Å². The third kappa shape index (κ3) is 5.20. The van der Waals surface area contributed by atoms with Crippen LogP contribution >= 0.6 is 15.9 Å². The van der Waals surface area contributed by atoms with E-state index < -0.39 is 0 Å². The van der Waals surface area contributed by atoms with E-state index >= 15 is 0 Å². The molecule has 1 aromatic carbocycles. The van der Waals surface area contributed by atoms with Crippen LogP contribution in [0.25, 0.3) is 0 Å². The third-order valence-corrected chi connectivity index (χ3v) is 2.96.